The smallest absolute Gasteiger partial charge is 0.435 e. The summed E-state index contributed by atoms with van der Waals surface area (Å²) in [6.45, 7) is 1.71. The molecule has 0 radical (unpaired) electrons. The summed E-state index contributed by atoms with van der Waals surface area (Å²) in [7, 11) is 1.45. The van der Waals surface area contributed by atoms with Gasteiger partial charge >= 0.3 is 17.3 Å². The highest BCUT2D eigenvalue weighted by molar-refractivity contribution is 8.00. The summed E-state index contributed by atoms with van der Waals surface area (Å²) >= 11 is 0.868. The number of pyridine rings is 1. The van der Waals surface area contributed by atoms with Crippen molar-refractivity contribution in [1.29, 1.82) is 10.5 Å². The number of carbonyl (C=O) groups is 2. The Morgan fingerprint density at radius 1 is 1.33 bits per heavy atom. The van der Waals surface area contributed by atoms with Crippen LogP contribution >= 0.6 is 11.8 Å². The highest BCUT2D eigenvalue weighted by Gasteiger charge is 2.31. The second-order valence-electron chi connectivity index (χ2n) is 6.71. The first-order valence-corrected chi connectivity index (χ1v) is 10.1. The number of nitrogens with zero attached hydrogens (tertiary/aromatic N) is 4. The normalized spacial score (nSPS) is 10.3. The first-order valence-electron chi connectivity index (χ1n) is 9.16. The van der Waals surface area contributed by atoms with E-state index in [1.807, 2.05) is 12.1 Å². The van der Waals surface area contributed by atoms with E-state index in [4.69, 9.17) is 15.4 Å². The number of carboxylic acids is 1. The van der Waals surface area contributed by atoms with Crippen LogP contribution in [-0.2, 0) is 11.8 Å². The van der Waals surface area contributed by atoms with Gasteiger partial charge in [0.25, 0.3) is 0 Å². The number of hydrogen-bond donors (Lipinski definition) is 4. The molecule has 2 aromatic heterocycles. The summed E-state index contributed by atoms with van der Waals surface area (Å²) in [6.07, 6.45) is 0. The van der Waals surface area contributed by atoms with Crippen LogP contribution in [-0.4, -0.2) is 33.0 Å². The number of benzene rings is 1. The maximum Gasteiger partial charge on any atom is 0.435 e. The zero-order chi connectivity index (χ0) is 24.3. The maximum absolute atomic E-state index is 12.5. The van der Waals surface area contributed by atoms with E-state index >= 15 is 0 Å². The van der Waals surface area contributed by atoms with Crippen LogP contribution in [0.4, 0.5) is 11.5 Å². The number of hydrogen-bond acceptors (Lipinski definition) is 9. The second-order valence-corrected chi connectivity index (χ2v) is 7.67. The maximum atomic E-state index is 12.5. The highest BCUT2D eigenvalue weighted by atomic mass is 32.2. The lowest BCUT2D eigenvalue weighted by Gasteiger charge is -2.11. The quantitative estimate of drug-likeness (QED) is 0.299. The Balaban J connectivity index is 1.94. The summed E-state index contributed by atoms with van der Waals surface area (Å²) in [5.74, 6) is -2.06. The summed E-state index contributed by atoms with van der Waals surface area (Å²) in [5, 5.41) is 33.4. The molecule has 3 aromatic rings. The summed E-state index contributed by atoms with van der Waals surface area (Å²) < 4.78 is 5.91. The minimum atomic E-state index is -1.13. The van der Waals surface area contributed by atoms with E-state index in [-0.39, 0.29) is 44.5 Å². The van der Waals surface area contributed by atoms with E-state index in [9.17, 15) is 24.9 Å². The standard InChI is InChI=1S/C20H15N7O5S/c1-9-3-4-10(19(29)30)5-13(9)24-14(28)8-33-18-12(7-22)15(11(6-21)17(23)25-18)16-20(31)32-26-27(16)2/h3-5H,8H2,1-2H3,(H4-,23,24,25,26,28,29,30,31)/p+1. The van der Waals surface area contributed by atoms with Gasteiger partial charge in [0, 0.05) is 5.69 Å². The lowest BCUT2D eigenvalue weighted by atomic mass is 10.0. The van der Waals surface area contributed by atoms with E-state index in [0.29, 0.717) is 11.3 Å². The van der Waals surface area contributed by atoms with Crippen molar-refractivity contribution in [3.05, 3.63) is 50.9 Å². The number of thioether (sulfide) groups is 1. The monoisotopic (exact) mass is 466 g/mol. The van der Waals surface area contributed by atoms with Gasteiger partial charge in [0.15, 0.2) is 7.05 Å². The number of anilines is 2. The summed E-state index contributed by atoms with van der Waals surface area (Å²) in [5.41, 5.74) is 5.61. The third-order valence-electron chi connectivity index (χ3n) is 4.56. The number of nitrogens with two attached hydrogens (primary N) is 1. The van der Waals surface area contributed by atoms with Gasteiger partial charge in [0.1, 0.15) is 34.1 Å². The Morgan fingerprint density at radius 2 is 2.03 bits per heavy atom. The molecule has 1 amide bonds. The number of nitrogens with one attached hydrogen (secondary N) is 2. The van der Waals surface area contributed by atoms with Crippen molar-refractivity contribution in [2.75, 3.05) is 16.8 Å². The number of nitriles is 2. The first kappa shape index (κ1) is 23.1. The van der Waals surface area contributed by atoms with E-state index in [0.717, 1.165) is 11.8 Å². The molecule has 0 fully saturated rings. The Kier molecular flexibility index (Phi) is 6.46. The average Bonchev–Trinajstić information content (AvgIpc) is 3.10. The molecule has 13 heteroatoms. The van der Waals surface area contributed by atoms with Crippen LogP contribution in [0, 0.1) is 29.6 Å². The topological polar surface area (TPSA) is 203 Å². The summed E-state index contributed by atoms with van der Waals surface area (Å²) in [6, 6.07) is 8.08. The van der Waals surface area contributed by atoms with Crippen LogP contribution in [0.15, 0.2) is 32.5 Å². The molecule has 2 heterocycles. The number of nitrogen functional groups attached to an aromatic ring is 1. The SMILES string of the molecule is Cc1ccc(C(=O)O)cc1NC(=O)CSc1nc(N)c(C#N)c(-c2c(=O)o[nH][n+]2C)c1C#N. The molecular weight excluding hydrogens is 450 g/mol. The molecule has 12 nitrogen and oxygen atoms in total. The number of rotatable bonds is 6. The highest BCUT2D eigenvalue weighted by Crippen LogP contribution is 2.33. The van der Waals surface area contributed by atoms with Crippen LogP contribution in [0.1, 0.15) is 27.0 Å². The van der Waals surface area contributed by atoms with Crippen LogP contribution in [0.2, 0.25) is 0 Å². The van der Waals surface area contributed by atoms with E-state index in [1.54, 1.807) is 13.0 Å². The van der Waals surface area contributed by atoms with Crippen LogP contribution in [0.25, 0.3) is 11.3 Å². The molecule has 0 atom stereocenters. The van der Waals surface area contributed by atoms with Crippen molar-refractivity contribution in [3.8, 4) is 23.4 Å². The third kappa shape index (κ3) is 4.53. The zero-order valence-electron chi connectivity index (χ0n) is 17.3. The number of carboxylic acid groups (broad SMARTS) is 1. The molecule has 0 aliphatic rings. The van der Waals surface area contributed by atoms with Gasteiger partial charge in [-0.1, -0.05) is 22.5 Å². The lowest BCUT2D eigenvalue weighted by molar-refractivity contribution is -0.730. The number of aromatic carboxylic acids is 1. The van der Waals surface area contributed by atoms with Crippen molar-refractivity contribution in [2.24, 2.45) is 7.05 Å². The van der Waals surface area contributed by atoms with Gasteiger partial charge < -0.3 is 16.2 Å². The molecule has 0 aliphatic heterocycles. The molecule has 0 spiro atoms. The van der Waals surface area contributed by atoms with Crippen molar-refractivity contribution in [3.63, 3.8) is 0 Å². The Labute approximate surface area is 190 Å². The molecule has 0 unspecified atom stereocenters. The minimum absolute atomic E-state index is 0.0136. The predicted octanol–water partition coefficient (Wildman–Crippen LogP) is 0.917. The number of carbonyl (C=O) groups excluding carboxylic acids is 1. The fourth-order valence-corrected chi connectivity index (χ4v) is 3.75. The fourth-order valence-electron chi connectivity index (χ4n) is 2.96. The number of aryl methyl sites for hydroxylation is 2. The molecule has 0 bridgehead atoms. The summed E-state index contributed by atoms with van der Waals surface area (Å²) in [4.78, 5) is 39.9. The Bertz CT molecular complexity index is 1430. The minimum Gasteiger partial charge on any atom is -0.478 e. The third-order valence-corrected chi connectivity index (χ3v) is 5.53. The van der Waals surface area contributed by atoms with Gasteiger partial charge in [-0.15, -0.1) is 0 Å². The molecule has 33 heavy (non-hydrogen) atoms. The van der Waals surface area contributed by atoms with Gasteiger partial charge in [-0.05, 0) is 29.9 Å². The van der Waals surface area contributed by atoms with E-state index < -0.39 is 17.5 Å². The molecular formula is C20H16N7O5S+. The van der Waals surface area contributed by atoms with Crippen molar-refractivity contribution in [1.82, 2.24) is 10.3 Å². The lowest BCUT2D eigenvalue weighted by Crippen LogP contribution is -2.34. The second kappa shape index (κ2) is 9.25. The van der Waals surface area contributed by atoms with Crippen LogP contribution < -0.4 is 21.4 Å². The van der Waals surface area contributed by atoms with Crippen LogP contribution in [0.5, 0.6) is 0 Å². The molecule has 1 aromatic carbocycles. The van der Waals surface area contributed by atoms with Gasteiger partial charge in [0.2, 0.25) is 5.91 Å². The predicted molar refractivity (Wildman–Crippen MR) is 115 cm³/mol. The Hall–Kier alpha value is -4.62. The molecule has 3 rings (SSSR count). The van der Waals surface area contributed by atoms with Gasteiger partial charge in [-0.25, -0.2) is 14.6 Å². The number of aromatic amines is 1. The molecule has 0 aliphatic carbocycles. The number of H-pyrrole nitrogens is 1. The number of aromatic nitrogens is 3. The van der Waals surface area contributed by atoms with Gasteiger partial charge in [-0.3, -0.25) is 9.32 Å². The molecule has 166 valence electrons. The first-order chi connectivity index (χ1) is 15.7. The molecule has 0 saturated carbocycles. The van der Waals surface area contributed by atoms with E-state index in [1.165, 1.54) is 23.9 Å². The van der Waals surface area contributed by atoms with E-state index in [2.05, 4.69) is 15.6 Å². The zero-order valence-corrected chi connectivity index (χ0v) is 18.1. The average molecular weight is 466 g/mol. The van der Waals surface area contributed by atoms with Crippen molar-refractivity contribution >= 4 is 35.1 Å². The largest absolute Gasteiger partial charge is 0.478 e. The number of amides is 1. The van der Waals surface area contributed by atoms with Crippen molar-refractivity contribution < 1.29 is 23.9 Å². The Morgan fingerprint density at radius 3 is 2.61 bits per heavy atom. The van der Waals surface area contributed by atoms with Crippen molar-refractivity contribution in [2.45, 2.75) is 11.9 Å². The van der Waals surface area contributed by atoms with Gasteiger partial charge in [-0.2, -0.15) is 10.5 Å². The molecule has 5 N–H and O–H groups in total. The fraction of sp³-hybridized carbons (Fsp3) is 0.150. The van der Waals surface area contributed by atoms with Gasteiger partial charge in [0.05, 0.1) is 16.9 Å². The molecule has 0 saturated heterocycles. The van der Waals surface area contributed by atoms with Crippen LogP contribution in [0.3, 0.4) is 0 Å².